The van der Waals surface area contributed by atoms with Crippen molar-refractivity contribution in [2.75, 3.05) is 26.7 Å². The van der Waals surface area contributed by atoms with Crippen molar-refractivity contribution in [1.82, 2.24) is 9.80 Å². The molecule has 0 aromatic rings. The van der Waals surface area contributed by atoms with Crippen LogP contribution in [-0.2, 0) is 4.79 Å². The van der Waals surface area contributed by atoms with Crippen LogP contribution in [0.3, 0.4) is 0 Å². The van der Waals surface area contributed by atoms with E-state index >= 15 is 0 Å². The van der Waals surface area contributed by atoms with Crippen LogP contribution in [0.25, 0.3) is 0 Å². The molecule has 2 N–H and O–H groups in total. The molecule has 0 unspecified atom stereocenters. The highest BCUT2D eigenvalue weighted by molar-refractivity contribution is 5.84. The van der Waals surface area contributed by atoms with Crippen molar-refractivity contribution in [1.29, 1.82) is 0 Å². The first-order valence-corrected chi connectivity index (χ1v) is 4.39. The summed E-state index contributed by atoms with van der Waals surface area (Å²) in [6, 6.07) is -0.522. The zero-order valence-corrected chi connectivity index (χ0v) is 8.41. The van der Waals surface area contributed by atoms with E-state index in [9.17, 15) is 9.59 Å². The summed E-state index contributed by atoms with van der Waals surface area (Å²) >= 11 is 0. The second-order valence-corrected chi connectivity index (χ2v) is 2.58. The lowest BCUT2D eigenvalue weighted by atomic mass is 10.3. The van der Waals surface area contributed by atoms with Gasteiger partial charge in [0.1, 0.15) is 6.54 Å². The smallest absolute Gasteiger partial charge is 0.315 e. The zero-order chi connectivity index (χ0) is 10.4. The Bertz CT molecular complexity index is 194. The minimum atomic E-state index is -0.522. The molecule has 1 fully saturated rings. The maximum atomic E-state index is 11.0. The number of nitrogens with zero attached hydrogens (tertiary/aromatic N) is 2. The third-order valence-electron chi connectivity index (χ3n) is 1.77. The maximum absolute atomic E-state index is 11.0. The second-order valence-electron chi connectivity index (χ2n) is 2.58. The van der Waals surface area contributed by atoms with Crippen molar-refractivity contribution in [3.63, 3.8) is 0 Å². The predicted molar refractivity (Wildman–Crippen MR) is 50.1 cm³/mol. The Kier molecular flexibility index (Phi) is 4.87. The van der Waals surface area contributed by atoms with Crippen LogP contribution in [0.4, 0.5) is 4.79 Å². The molecule has 0 saturated carbocycles. The van der Waals surface area contributed by atoms with Crippen LogP contribution in [0.15, 0.2) is 0 Å². The maximum Gasteiger partial charge on any atom is 0.315 e. The van der Waals surface area contributed by atoms with Crippen molar-refractivity contribution in [2.24, 2.45) is 5.73 Å². The predicted octanol–water partition coefficient (Wildman–Crippen LogP) is -0.135. The Hall–Kier alpha value is -1.26. The first-order chi connectivity index (χ1) is 6.11. The first-order valence-electron chi connectivity index (χ1n) is 4.39. The minimum Gasteiger partial charge on any atom is -0.351 e. The van der Waals surface area contributed by atoms with E-state index in [2.05, 4.69) is 0 Å². The number of rotatable bonds is 0. The Balaban J connectivity index is 0.000000671. The van der Waals surface area contributed by atoms with Gasteiger partial charge in [-0.2, -0.15) is 0 Å². The SMILES string of the molecule is CC.CN1CCN(C(N)=O)CC1=O. The van der Waals surface area contributed by atoms with Gasteiger partial charge in [-0.25, -0.2) is 4.79 Å². The molecular formula is C8H17N3O2. The highest BCUT2D eigenvalue weighted by atomic mass is 16.2. The molecule has 13 heavy (non-hydrogen) atoms. The van der Waals surface area contributed by atoms with Crippen LogP contribution in [-0.4, -0.2) is 48.4 Å². The molecule has 1 aliphatic rings. The molecule has 0 radical (unpaired) electrons. The van der Waals surface area contributed by atoms with Gasteiger partial charge < -0.3 is 15.5 Å². The van der Waals surface area contributed by atoms with Gasteiger partial charge in [-0.3, -0.25) is 4.79 Å². The van der Waals surface area contributed by atoms with Gasteiger partial charge in [0.2, 0.25) is 5.91 Å². The topological polar surface area (TPSA) is 66.6 Å². The number of carbonyl (C=O) groups excluding carboxylic acids is 2. The molecule has 0 aromatic heterocycles. The average Bonchev–Trinajstić information content (AvgIpc) is 2.13. The third kappa shape index (κ3) is 3.31. The van der Waals surface area contributed by atoms with Gasteiger partial charge in [-0.05, 0) is 0 Å². The zero-order valence-electron chi connectivity index (χ0n) is 8.41. The molecule has 0 aromatic carbocycles. The monoisotopic (exact) mass is 187 g/mol. The van der Waals surface area contributed by atoms with Gasteiger partial charge in [0.05, 0.1) is 0 Å². The highest BCUT2D eigenvalue weighted by Gasteiger charge is 2.22. The Labute approximate surface area is 78.5 Å². The highest BCUT2D eigenvalue weighted by Crippen LogP contribution is 1.99. The first kappa shape index (κ1) is 11.7. The van der Waals surface area contributed by atoms with Crippen LogP contribution in [0, 0.1) is 0 Å². The number of primary amides is 1. The van der Waals surface area contributed by atoms with E-state index in [1.165, 1.54) is 4.90 Å². The van der Waals surface area contributed by atoms with E-state index in [1.807, 2.05) is 13.8 Å². The number of piperazine rings is 1. The van der Waals surface area contributed by atoms with E-state index < -0.39 is 6.03 Å². The third-order valence-corrected chi connectivity index (χ3v) is 1.77. The molecule has 1 saturated heterocycles. The molecule has 1 heterocycles. The summed E-state index contributed by atoms with van der Waals surface area (Å²) in [6.07, 6.45) is 0. The molecule has 1 aliphatic heterocycles. The largest absolute Gasteiger partial charge is 0.351 e. The van der Waals surface area contributed by atoms with Gasteiger partial charge in [0.15, 0.2) is 0 Å². The number of hydrogen-bond acceptors (Lipinski definition) is 2. The number of carbonyl (C=O) groups is 2. The number of nitrogens with two attached hydrogens (primary N) is 1. The van der Waals surface area contributed by atoms with E-state index in [0.717, 1.165) is 0 Å². The summed E-state index contributed by atoms with van der Waals surface area (Å²) in [5, 5.41) is 0. The molecule has 76 valence electrons. The summed E-state index contributed by atoms with van der Waals surface area (Å²) in [5.41, 5.74) is 4.99. The standard InChI is InChI=1S/C6H11N3O2.C2H6/c1-8-2-3-9(6(7)11)4-5(8)10;1-2/h2-4H2,1H3,(H2,7,11);1-2H3. The molecule has 1 rings (SSSR count). The van der Waals surface area contributed by atoms with Crippen molar-refractivity contribution < 1.29 is 9.59 Å². The molecule has 5 nitrogen and oxygen atoms in total. The van der Waals surface area contributed by atoms with E-state index in [4.69, 9.17) is 5.73 Å². The lowest BCUT2D eigenvalue weighted by Gasteiger charge is -2.30. The molecule has 5 heteroatoms. The molecule has 0 atom stereocenters. The second kappa shape index (κ2) is 5.40. The molecule has 0 bridgehead atoms. The average molecular weight is 187 g/mol. The van der Waals surface area contributed by atoms with Crippen LogP contribution in [0.2, 0.25) is 0 Å². The normalized spacial score (nSPS) is 16.4. The lowest BCUT2D eigenvalue weighted by Crippen LogP contribution is -2.52. The van der Waals surface area contributed by atoms with Crippen LogP contribution >= 0.6 is 0 Å². The summed E-state index contributed by atoms with van der Waals surface area (Å²) < 4.78 is 0. The summed E-state index contributed by atoms with van der Waals surface area (Å²) in [5.74, 6) is -0.0601. The van der Waals surface area contributed by atoms with Gasteiger partial charge in [0, 0.05) is 20.1 Å². The lowest BCUT2D eigenvalue weighted by molar-refractivity contribution is -0.133. The van der Waals surface area contributed by atoms with Crippen LogP contribution in [0.1, 0.15) is 13.8 Å². The number of urea groups is 1. The van der Waals surface area contributed by atoms with Gasteiger partial charge in [0.25, 0.3) is 0 Å². The minimum absolute atomic E-state index is 0.0601. The van der Waals surface area contributed by atoms with Gasteiger partial charge in [-0.15, -0.1) is 0 Å². The quantitative estimate of drug-likeness (QED) is 0.574. The number of likely N-dealkylation sites (N-methyl/N-ethyl adjacent to an activating group) is 1. The summed E-state index contributed by atoms with van der Waals surface area (Å²) in [6.45, 7) is 5.23. The molecule has 0 aliphatic carbocycles. The van der Waals surface area contributed by atoms with Gasteiger partial charge in [-0.1, -0.05) is 13.8 Å². The van der Waals surface area contributed by atoms with E-state index in [0.29, 0.717) is 13.1 Å². The molecule has 0 spiro atoms. The van der Waals surface area contributed by atoms with E-state index in [-0.39, 0.29) is 12.5 Å². The molecular weight excluding hydrogens is 170 g/mol. The summed E-state index contributed by atoms with van der Waals surface area (Å²) in [7, 11) is 1.71. The fourth-order valence-electron chi connectivity index (χ4n) is 0.947. The number of amides is 3. The van der Waals surface area contributed by atoms with Crippen LogP contribution < -0.4 is 5.73 Å². The van der Waals surface area contributed by atoms with Crippen molar-refractivity contribution in [3.05, 3.63) is 0 Å². The Morgan fingerprint density at radius 1 is 1.38 bits per heavy atom. The Morgan fingerprint density at radius 2 is 1.92 bits per heavy atom. The van der Waals surface area contributed by atoms with Crippen LogP contribution in [0.5, 0.6) is 0 Å². The van der Waals surface area contributed by atoms with Crippen molar-refractivity contribution in [2.45, 2.75) is 13.8 Å². The summed E-state index contributed by atoms with van der Waals surface area (Å²) in [4.78, 5) is 24.5. The van der Waals surface area contributed by atoms with Gasteiger partial charge >= 0.3 is 6.03 Å². The Morgan fingerprint density at radius 3 is 2.31 bits per heavy atom. The fourth-order valence-corrected chi connectivity index (χ4v) is 0.947. The van der Waals surface area contributed by atoms with Crippen molar-refractivity contribution in [3.8, 4) is 0 Å². The molecule has 3 amide bonds. The number of hydrogen-bond donors (Lipinski definition) is 1. The van der Waals surface area contributed by atoms with E-state index in [1.54, 1.807) is 11.9 Å². The fraction of sp³-hybridized carbons (Fsp3) is 0.750. The van der Waals surface area contributed by atoms with Crippen molar-refractivity contribution >= 4 is 11.9 Å².